The standard InChI is InChI=1S/C14H10F12O2/c15-9(16,5-27)11(19,13(21,22)23)7-1-2-8(4-3-7)12(20,14(24,25)26)10(17,18)6-28/h1-4,27-28H,5-6H2. The molecule has 1 aromatic rings. The summed E-state index contributed by atoms with van der Waals surface area (Å²) in [6.45, 7) is -5.33. The Morgan fingerprint density at radius 1 is 0.500 bits per heavy atom. The van der Waals surface area contributed by atoms with Crippen LogP contribution < -0.4 is 0 Å². The summed E-state index contributed by atoms with van der Waals surface area (Å²) in [4.78, 5) is 0. The van der Waals surface area contributed by atoms with Gasteiger partial charge in [-0.2, -0.15) is 43.9 Å². The fourth-order valence-electron chi connectivity index (χ4n) is 2.31. The molecule has 0 fully saturated rings. The lowest BCUT2D eigenvalue weighted by Crippen LogP contribution is -2.55. The summed E-state index contributed by atoms with van der Waals surface area (Å²) >= 11 is 0. The normalized spacial score (nSPS) is 18.5. The van der Waals surface area contributed by atoms with Crippen LogP contribution in [0.25, 0.3) is 0 Å². The fraction of sp³-hybridized carbons (Fsp3) is 0.571. The second kappa shape index (κ2) is 6.97. The zero-order valence-electron chi connectivity index (χ0n) is 13.2. The van der Waals surface area contributed by atoms with Crippen LogP contribution >= 0.6 is 0 Å². The van der Waals surface area contributed by atoms with Crippen LogP contribution in [-0.2, 0) is 11.3 Å². The van der Waals surface area contributed by atoms with Crippen LogP contribution in [-0.4, -0.2) is 47.6 Å². The number of benzene rings is 1. The van der Waals surface area contributed by atoms with Crippen molar-refractivity contribution in [3.63, 3.8) is 0 Å². The van der Waals surface area contributed by atoms with Gasteiger partial charge in [0.25, 0.3) is 11.3 Å². The quantitative estimate of drug-likeness (QED) is 0.647. The van der Waals surface area contributed by atoms with E-state index >= 15 is 0 Å². The molecular weight excluding hydrogens is 428 g/mol. The number of rotatable bonds is 6. The Bertz CT molecular complexity index is 622. The summed E-state index contributed by atoms with van der Waals surface area (Å²) in [7, 11) is 0. The van der Waals surface area contributed by atoms with E-state index in [1.165, 1.54) is 0 Å². The van der Waals surface area contributed by atoms with E-state index in [-0.39, 0.29) is 0 Å². The van der Waals surface area contributed by atoms with Crippen molar-refractivity contribution in [2.45, 2.75) is 35.5 Å². The minimum atomic E-state index is -6.40. The first-order valence-corrected chi connectivity index (χ1v) is 6.93. The molecule has 2 nitrogen and oxygen atoms in total. The van der Waals surface area contributed by atoms with Gasteiger partial charge in [0.1, 0.15) is 13.2 Å². The lowest BCUT2D eigenvalue weighted by atomic mass is 9.84. The van der Waals surface area contributed by atoms with Gasteiger partial charge in [0.2, 0.25) is 0 Å². The van der Waals surface area contributed by atoms with Gasteiger partial charge in [-0.05, 0) is 0 Å². The van der Waals surface area contributed by atoms with Crippen molar-refractivity contribution in [3.8, 4) is 0 Å². The molecular formula is C14H10F12O2. The smallest absolute Gasteiger partial charge is 0.390 e. The van der Waals surface area contributed by atoms with Gasteiger partial charge in [-0.1, -0.05) is 24.3 Å². The molecule has 2 unspecified atom stereocenters. The van der Waals surface area contributed by atoms with Gasteiger partial charge in [0.05, 0.1) is 0 Å². The van der Waals surface area contributed by atoms with Crippen molar-refractivity contribution in [2.24, 2.45) is 0 Å². The zero-order chi connectivity index (χ0) is 22.4. The number of halogens is 12. The summed E-state index contributed by atoms with van der Waals surface area (Å²) < 4.78 is 159. The highest BCUT2D eigenvalue weighted by Gasteiger charge is 2.73. The van der Waals surface area contributed by atoms with E-state index in [1.807, 2.05) is 0 Å². The van der Waals surface area contributed by atoms with Crippen LogP contribution in [0, 0.1) is 0 Å². The SMILES string of the molecule is OCC(F)(F)C(F)(c1ccc(C(F)(C(F)(F)F)C(F)(F)CO)cc1)C(F)(F)F. The number of hydrogen-bond acceptors (Lipinski definition) is 2. The summed E-state index contributed by atoms with van der Waals surface area (Å²) in [6, 6.07) is -1.61. The molecule has 28 heavy (non-hydrogen) atoms. The number of aliphatic hydroxyl groups is 2. The van der Waals surface area contributed by atoms with Crippen LogP contribution in [0.2, 0.25) is 0 Å². The van der Waals surface area contributed by atoms with Crippen molar-refractivity contribution < 1.29 is 62.9 Å². The summed E-state index contributed by atoms with van der Waals surface area (Å²) in [5, 5.41) is 16.7. The zero-order valence-corrected chi connectivity index (χ0v) is 13.2. The van der Waals surface area contributed by atoms with Gasteiger partial charge in [-0.15, -0.1) is 0 Å². The molecule has 0 amide bonds. The van der Waals surface area contributed by atoms with Crippen LogP contribution in [0.3, 0.4) is 0 Å². The first-order valence-electron chi connectivity index (χ1n) is 6.93. The predicted molar refractivity (Wildman–Crippen MR) is 68.2 cm³/mol. The van der Waals surface area contributed by atoms with E-state index in [0.29, 0.717) is 0 Å². The van der Waals surface area contributed by atoms with Gasteiger partial charge < -0.3 is 10.2 Å². The largest absolute Gasteiger partial charge is 0.432 e. The predicted octanol–water partition coefficient (Wildman–Crippen LogP) is 4.40. The van der Waals surface area contributed by atoms with E-state index in [4.69, 9.17) is 10.2 Å². The molecule has 0 saturated carbocycles. The van der Waals surface area contributed by atoms with Gasteiger partial charge in [-0.25, -0.2) is 8.78 Å². The Morgan fingerprint density at radius 2 is 0.714 bits per heavy atom. The lowest BCUT2D eigenvalue weighted by molar-refractivity contribution is -0.317. The molecule has 1 rings (SSSR count). The molecule has 0 heterocycles. The van der Waals surface area contributed by atoms with Gasteiger partial charge >= 0.3 is 24.2 Å². The second-order valence-electron chi connectivity index (χ2n) is 5.61. The summed E-state index contributed by atoms with van der Waals surface area (Å²) in [5.41, 5.74) is -15.4. The van der Waals surface area contributed by atoms with Gasteiger partial charge in [0, 0.05) is 11.1 Å². The Labute approximate surface area is 148 Å². The maximum Gasteiger partial charge on any atom is 0.432 e. The Hall–Kier alpha value is -1.70. The molecule has 2 atom stereocenters. The van der Waals surface area contributed by atoms with Gasteiger partial charge in [-0.3, -0.25) is 0 Å². The molecule has 0 spiro atoms. The van der Waals surface area contributed by atoms with E-state index in [0.717, 1.165) is 0 Å². The monoisotopic (exact) mass is 438 g/mol. The Morgan fingerprint density at radius 3 is 0.857 bits per heavy atom. The molecule has 14 heteroatoms. The first-order chi connectivity index (χ1) is 12.3. The van der Waals surface area contributed by atoms with Crippen molar-refractivity contribution in [3.05, 3.63) is 35.4 Å². The highest BCUT2D eigenvalue weighted by atomic mass is 19.4. The summed E-state index contributed by atoms with van der Waals surface area (Å²) in [6.07, 6.45) is -12.8. The number of alkyl halides is 12. The molecule has 2 N–H and O–H groups in total. The van der Waals surface area contributed by atoms with E-state index in [2.05, 4.69) is 0 Å². The third-order valence-corrected chi connectivity index (χ3v) is 3.87. The van der Waals surface area contributed by atoms with Crippen LogP contribution in [0.4, 0.5) is 52.7 Å². The molecule has 0 aromatic heterocycles. The first kappa shape index (κ1) is 24.3. The van der Waals surface area contributed by atoms with Crippen LogP contribution in [0.1, 0.15) is 11.1 Å². The average molecular weight is 438 g/mol. The summed E-state index contributed by atoms with van der Waals surface area (Å²) in [5.74, 6) is -11.0. The fourth-order valence-corrected chi connectivity index (χ4v) is 2.31. The van der Waals surface area contributed by atoms with E-state index < -0.39 is 84.1 Å². The second-order valence-corrected chi connectivity index (χ2v) is 5.61. The third-order valence-electron chi connectivity index (χ3n) is 3.87. The average Bonchev–Trinajstić information content (AvgIpc) is 2.58. The van der Waals surface area contributed by atoms with E-state index in [9.17, 15) is 52.7 Å². The lowest BCUT2D eigenvalue weighted by Gasteiger charge is -2.36. The van der Waals surface area contributed by atoms with Crippen LogP contribution in [0.5, 0.6) is 0 Å². The van der Waals surface area contributed by atoms with E-state index in [1.54, 1.807) is 0 Å². The van der Waals surface area contributed by atoms with Crippen molar-refractivity contribution in [2.75, 3.05) is 13.2 Å². The topological polar surface area (TPSA) is 40.5 Å². The molecule has 0 aliphatic carbocycles. The highest BCUT2D eigenvalue weighted by molar-refractivity contribution is 5.36. The maximum absolute atomic E-state index is 14.2. The van der Waals surface area contributed by atoms with Crippen LogP contribution in [0.15, 0.2) is 24.3 Å². The minimum absolute atomic E-state index is 0.403. The number of aliphatic hydroxyl groups excluding tert-OH is 2. The molecule has 0 saturated heterocycles. The third kappa shape index (κ3) is 3.40. The molecule has 0 aliphatic rings. The minimum Gasteiger partial charge on any atom is -0.390 e. The Kier molecular flexibility index (Phi) is 6.06. The van der Waals surface area contributed by atoms with Crippen molar-refractivity contribution >= 4 is 0 Å². The highest BCUT2D eigenvalue weighted by Crippen LogP contribution is 2.55. The molecule has 0 aliphatic heterocycles. The molecule has 0 radical (unpaired) electrons. The molecule has 162 valence electrons. The molecule has 0 bridgehead atoms. The molecule has 1 aromatic carbocycles. The van der Waals surface area contributed by atoms with Crippen molar-refractivity contribution in [1.29, 1.82) is 0 Å². The maximum atomic E-state index is 14.2. The Balaban J connectivity index is 3.67. The van der Waals surface area contributed by atoms with Crippen molar-refractivity contribution in [1.82, 2.24) is 0 Å². The number of hydrogen-bond donors (Lipinski definition) is 2. The van der Waals surface area contributed by atoms with Gasteiger partial charge in [0.15, 0.2) is 0 Å².